The van der Waals surface area contributed by atoms with Gasteiger partial charge in [0.25, 0.3) is 0 Å². The minimum absolute atomic E-state index is 0.138. The third-order valence-corrected chi connectivity index (χ3v) is 2.76. The van der Waals surface area contributed by atoms with E-state index in [9.17, 15) is 9.18 Å². The van der Waals surface area contributed by atoms with E-state index >= 15 is 0 Å². The number of aliphatic carboxylic acids is 1. The third-order valence-electron chi connectivity index (χ3n) is 2.54. The first kappa shape index (κ1) is 11.2. The van der Waals surface area contributed by atoms with E-state index in [0.29, 0.717) is 5.69 Å². The molecule has 0 radical (unpaired) electrons. The number of rotatable bonds is 4. The number of carboxylic acids is 1. The van der Waals surface area contributed by atoms with Gasteiger partial charge in [0.2, 0.25) is 0 Å². The molecule has 5 heteroatoms. The summed E-state index contributed by atoms with van der Waals surface area (Å²) >= 11 is 5.68. The Hall–Kier alpha value is -1.29. The number of nitrogens with one attached hydrogen (secondary N) is 1. The highest BCUT2D eigenvalue weighted by atomic mass is 35.5. The van der Waals surface area contributed by atoms with Crippen LogP contribution in [0, 0.1) is 11.7 Å². The van der Waals surface area contributed by atoms with Gasteiger partial charge in [0.1, 0.15) is 11.9 Å². The molecule has 2 N–H and O–H groups in total. The van der Waals surface area contributed by atoms with E-state index in [4.69, 9.17) is 16.7 Å². The zero-order chi connectivity index (χ0) is 11.7. The molecule has 0 spiro atoms. The Morgan fingerprint density at radius 3 is 2.69 bits per heavy atom. The molecule has 86 valence electrons. The molecule has 1 atom stereocenters. The van der Waals surface area contributed by atoms with E-state index < -0.39 is 17.8 Å². The number of carboxylic acid groups (broad SMARTS) is 1. The second-order valence-corrected chi connectivity index (χ2v) is 4.39. The van der Waals surface area contributed by atoms with Crippen LogP contribution in [0.15, 0.2) is 18.2 Å². The van der Waals surface area contributed by atoms with Crippen LogP contribution >= 0.6 is 11.6 Å². The van der Waals surface area contributed by atoms with Crippen LogP contribution in [0.3, 0.4) is 0 Å². The molecule has 1 aromatic rings. The van der Waals surface area contributed by atoms with Crippen molar-refractivity contribution in [3.05, 3.63) is 29.0 Å². The number of hydrogen-bond donors (Lipinski definition) is 2. The van der Waals surface area contributed by atoms with Crippen LogP contribution in [0.1, 0.15) is 12.8 Å². The van der Waals surface area contributed by atoms with Crippen molar-refractivity contribution in [1.82, 2.24) is 0 Å². The summed E-state index contributed by atoms with van der Waals surface area (Å²) < 4.78 is 13.0. The van der Waals surface area contributed by atoms with Gasteiger partial charge < -0.3 is 10.4 Å². The van der Waals surface area contributed by atoms with Gasteiger partial charge in [-0.2, -0.15) is 0 Å². The van der Waals surface area contributed by atoms with E-state index in [-0.39, 0.29) is 10.9 Å². The lowest BCUT2D eigenvalue weighted by Gasteiger charge is -2.15. The van der Waals surface area contributed by atoms with E-state index in [2.05, 4.69) is 5.32 Å². The van der Waals surface area contributed by atoms with Crippen LogP contribution in [-0.4, -0.2) is 17.1 Å². The molecule has 0 aliphatic heterocycles. The topological polar surface area (TPSA) is 49.3 Å². The fourth-order valence-electron chi connectivity index (χ4n) is 1.63. The molecule has 3 nitrogen and oxygen atoms in total. The van der Waals surface area contributed by atoms with Crippen LogP contribution in [0.25, 0.3) is 0 Å². The first-order valence-electron chi connectivity index (χ1n) is 5.01. The lowest BCUT2D eigenvalue weighted by atomic mass is 10.1. The highest BCUT2D eigenvalue weighted by molar-refractivity contribution is 6.30. The number of anilines is 1. The molecule has 1 aliphatic carbocycles. The number of hydrogen-bond acceptors (Lipinski definition) is 2. The molecule has 1 saturated carbocycles. The summed E-state index contributed by atoms with van der Waals surface area (Å²) in [5, 5.41) is 12.0. The molecular weight excluding hydrogens is 233 g/mol. The minimum Gasteiger partial charge on any atom is -0.480 e. The van der Waals surface area contributed by atoms with Gasteiger partial charge in [-0.05, 0) is 37.0 Å². The third kappa shape index (κ3) is 2.64. The summed E-state index contributed by atoms with van der Waals surface area (Å²) in [6.45, 7) is 0. The highest BCUT2D eigenvalue weighted by Gasteiger charge is 2.36. The highest BCUT2D eigenvalue weighted by Crippen LogP contribution is 2.34. The lowest BCUT2D eigenvalue weighted by Crippen LogP contribution is -2.31. The van der Waals surface area contributed by atoms with Crippen LogP contribution in [0.4, 0.5) is 10.1 Å². The van der Waals surface area contributed by atoms with Crippen molar-refractivity contribution in [2.45, 2.75) is 18.9 Å². The molecule has 0 saturated heterocycles. The predicted octanol–water partition coefficient (Wildman–Crippen LogP) is 2.75. The Balaban J connectivity index is 2.14. The Morgan fingerprint density at radius 1 is 1.50 bits per heavy atom. The first-order valence-corrected chi connectivity index (χ1v) is 5.39. The van der Waals surface area contributed by atoms with Crippen molar-refractivity contribution in [1.29, 1.82) is 0 Å². The summed E-state index contributed by atoms with van der Waals surface area (Å²) in [5.74, 6) is -1.25. The van der Waals surface area contributed by atoms with Crippen LogP contribution < -0.4 is 5.32 Å². The van der Waals surface area contributed by atoms with Gasteiger partial charge in [-0.1, -0.05) is 11.6 Å². The number of carbonyl (C=O) groups is 1. The van der Waals surface area contributed by atoms with Gasteiger partial charge in [0.05, 0.1) is 0 Å². The second-order valence-electron chi connectivity index (χ2n) is 3.96. The Labute approximate surface area is 97.2 Å². The fraction of sp³-hybridized carbons (Fsp3) is 0.364. The summed E-state index contributed by atoms with van der Waals surface area (Å²) in [5.41, 5.74) is 0.407. The molecule has 0 unspecified atom stereocenters. The standard InChI is InChI=1S/C11H11ClFNO2/c12-7-3-8(13)5-9(4-7)14-10(11(15)16)6-1-2-6/h3-6,10,14H,1-2H2,(H,15,16)/t10-/m1/s1. The van der Waals surface area contributed by atoms with Crippen molar-refractivity contribution < 1.29 is 14.3 Å². The molecule has 0 bridgehead atoms. The van der Waals surface area contributed by atoms with Crippen molar-refractivity contribution in [2.24, 2.45) is 5.92 Å². The normalized spacial score (nSPS) is 16.9. The van der Waals surface area contributed by atoms with Crippen molar-refractivity contribution in [2.75, 3.05) is 5.32 Å². The quantitative estimate of drug-likeness (QED) is 0.855. The van der Waals surface area contributed by atoms with Gasteiger partial charge in [0.15, 0.2) is 0 Å². The summed E-state index contributed by atoms with van der Waals surface area (Å²) in [7, 11) is 0. The number of halogens is 2. The van der Waals surface area contributed by atoms with E-state index in [1.165, 1.54) is 18.2 Å². The number of benzene rings is 1. The van der Waals surface area contributed by atoms with Crippen molar-refractivity contribution in [3.8, 4) is 0 Å². The first-order chi connectivity index (χ1) is 7.56. The summed E-state index contributed by atoms with van der Waals surface area (Å²) in [6, 6.07) is 3.28. The van der Waals surface area contributed by atoms with Gasteiger partial charge in [-0.3, -0.25) is 0 Å². The van der Waals surface area contributed by atoms with E-state index in [0.717, 1.165) is 12.8 Å². The molecule has 0 amide bonds. The molecule has 0 aromatic heterocycles. The van der Waals surface area contributed by atoms with Gasteiger partial charge in [-0.15, -0.1) is 0 Å². The average molecular weight is 244 g/mol. The Kier molecular flexibility index (Phi) is 3.01. The second kappa shape index (κ2) is 4.29. The SMILES string of the molecule is O=C(O)[C@H](Nc1cc(F)cc(Cl)c1)C1CC1. The molecule has 1 aromatic carbocycles. The molecular formula is C11H11ClFNO2. The Bertz CT molecular complexity index is 400. The van der Waals surface area contributed by atoms with Gasteiger partial charge >= 0.3 is 5.97 Å². The maximum Gasteiger partial charge on any atom is 0.326 e. The fourth-order valence-corrected chi connectivity index (χ4v) is 1.85. The zero-order valence-corrected chi connectivity index (χ0v) is 9.17. The predicted molar refractivity (Wildman–Crippen MR) is 59.2 cm³/mol. The molecule has 2 rings (SSSR count). The van der Waals surface area contributed by atoms with Crippen LogP contribution in [-0.2, 0) is 4.79 Å². The maximum atomic E-state index is 13.0. The molecule has 0 heterocycles. The monoisotopic (exact) mass is 243 g/mol. The Morgan fingerprint density at radius 2 is 2.19 bits per heavy atom. The van der Waals surface area contributed by atoms with E-state index in [1.807, 2.05) is 0 Å². The van der Waals surface area contributed by atoms with Crippen LogP contribution in [0.5, 0.6) is 0 Å². The van der Waals surface area contributed by atoms with Gasteiger partial charge in [-0.25, -0.2) is 9.18 Å². The molecule has 16 heavy (non-hydrogen) atoms. The van der Waals surface area contributed by atoms with Crippen molar-refractivity contribution in [3.63, 3.8) is 0 Å². The summed E-state index contributed by atoms with van der Waals surface area (Å²) in [6.07, 6.45) is 1.79. The average Bonchev–Trinajstić information content (AvgIpc) is 2.95. The maximum absolute atomic E-state index is 13.0. The smallest absolute Gasteiger partial charge is 0.326 e. The zero-order valence-electron chi connectivity index (χ0n) is 8.41. The van der Waals surface area contributed by atoms with Gasteiger partial charge in [0, 0.05) is 10.7 Å². The summed E-state index contributed by atoms with van der Waals surface area (Å²) in [4.78, 5) is 11.0. The molecule has 1 aliphatic rings. The lowest BCUT2D eigenvalue weighted by molar-refractivity contribution is -0.138. The molecule has 1 fully saturated rings. The minimum atomic E-state index is -0.914. The van der Waals surface area contributed by atoms with E-state index in [1.54, 1.807) is 0 Å². The largest absolute Gasteiger partial charge is 0.480 e. The van der Waals surface area contributed by atoms with Crippen LogP contribution in [0.2, 0.25) is 5.02 Å². The van der Waals surface area contributed by atoms with Crippen molar-refractivity contribution >= 4 is 23.3 Å².